The predicted molar refractivity (Wildman–Crippen MR) is 130 cm³/mol. The summed E-state index contributed by atoms with van der Waals surface area (Å²) in [4.78, 5) is 17.9. The lowest BCUT2D eigenvalue weighted by atomic mass is 10.2. The third-order valence-corrected chi connectivity index (χ3v) is 6.22. The van der Waals surface area contributed by atoms with Crippen molar-refractivity contribution in [1.29, 1.82) is 0 Å². The van der Waals surface area contributed by atoms with E-state index in [0.29, 0.717) is 38.4 Å². The highest BCUT2D eigenvalue weighted by Gasteiger charge is 2.12. The molecule has 0 spiro atoms. The highest BCUT2D eigenvalue weighted by atomic mass is 35.5. The molecule has 0 N–H and O–H groups in total. The zero-order valence-corrected chi connectivity index (χ0v) is 19.1. The van der Waals surface area contributed by atoms with Gasteiger partial charge >= 0.3 is 0 Å². The Morgan fingerprint density at radius 3 is 2.55 bits per heavy atom. The molecule has 0 atom stereocenters. The van der Waals surface area contributed by atoms with Crippen LogP contribution in [0.15, 0.2) is 77.6 Å². The minimum Gasteiger partial charge on any atom is -0.493 e. The number of halogens is 1. The van der Waals surface area contributed by atoms with E-state index in [0.717, 1.165) is 16.7 Å². The minimum absolute atomic E-state index is 0.217. The number of hydrogen-bond donors (Lipinski definition) is 0. The average molecular weight is 476 g/mol. The molecule has 5 rings (SSSR count). The van der Waals surface area contributed by atoms with E-state index in [9.17, 15) is 4.79 Å². The van der Waals surface area contributed by atoms with Crippen molar-refractivity contribution in [2.45, 2.75) is 6.61 Å². The van der Waals surface area contributed by atoms with Gasteiger partial charge in [-0.15, -0.1) is 5.10 Å². The van der Waals surface area contributed by atoms with Crippen LogP contribution in [-0.4, -0.2) is 21.7 Å². The van der Waals surface area contributed by atoms with Crippen LogP contribution in [0.1, 0.15) is 11.1 Å². The second kappa shape index (κ2) is 9.05. The molecule has 0 saturated heterocycles. The van der Waals surface area contributed by atoms with Crippen LogP contribution in [0.25, 0.3) is 22.4 Å². The number of ether oxygens (including phenoxy) is 2. The van der Waals surface area contributed by atoms with Crippen LogP contribution in [0.4, 0.5) is 0 Å². The molecule has 0 radical (unpaired) electrons. The van der Waals surface area contributed by atoms with Gasteiger partial charge in [-0.3, -0.25) is 4.79 Å². The lowest BCUT2D eigenvalue weighted by molar-refractivity contribution is 0.284. The highest BCUT2D eigenvalue weighted by molar-refractivity contribution is 7.15. The van der Waals surface area contributed by atoms with Crippen LogP contribution < -0.4 is 19.6 Å². The fourth-order valence-electron chi connectivity index (χ4n) is 3.33. The summed E-state index contributed by atoms with van der Waals surface area (Å²) >= 11 is 7.23. The van der Waals surface area contributed by atoms with Gasteiger partial charge in [-0.25, -0.2) is 0 Å². The molecular weight excluding hydrogens is 458 g/mol. The van der Waals surface area contributed by atoms with Crippen LogP contribution >= 0.6 is 22.9 Å². The Kier molecular flexibility index (Phi) is 5.81. The standard InChI is InChI=1S/C25H18ClN3O3S/c1-31-21-13-17(7-12-20(21)32-15-16-5-3-2-4-6-16)14-22-24(30)29-25(33-22)27-23(28-29)18-8-10-19(26)11-9-18/h2-14H,15H2,1H3/b22-14-. The van der Waals surface area contributed by atoms with Gasteiger partial charge in [0.05, 0.1) is 11.6 Å². The van der Waals surface area contributed by atoms with Gasteiger partial charge < -0.3 is 9.47 Å². The molecule has 5 aromatic rings. The monoisotopic (exact) mass is 475 g/mol. The first-order valence-corrected chi connectivity index (χ1v) is 11.3. The third kappa shape index (κ3) is 4.46. The normalized spacial score (nSPS) is 11.8. The smallest absolute Gasteiger partial charge is 0.291 e. The Morgan fingerprint density at radius 2 is 1.82 bits per heavy atom. The number of thiazole rings is 1. The van der Waals surface area contributed by atoms with E-state index in [4.69, 9.17) is 21.1 Å². The van der Waals surface area contributed by atoms with Crippen molar-refractivity contribution in [2.24, 2.45) is 0 Å². The Balaban J connectivity index is 1.42. The Hall–Kier alpha value is -3.68. The van der Waals surface area contributed by atoms with E-state index in [1.807, 2.05) is 60.7 Å². The topological polar surface area (TPSA) is 65.7 Å². The number of nitrogens with zero attached hydrogens (tertiary/aromatic N) is 3. The molecule has 0 aliphatic carbocycles. The first-order chi connectivity index (χ1) is 16.1. The molecule has 0 fully saturated rings. The van der Waals surface area contributed by atoms with Crippen molar-refractivity contribution in [3.05, 3.63) is 104 Å². The van der Waals surface area contributed by atoms with Gasteiger partial charge in [0.2, 0.25) is 4.96 Å². The zero-order chi connectivity index (χ0) is 22.8. The number of aromatic nitrogens is 3. The Bertz CT molecular complexity index is 1530. The molecule has 164 valence electrons. The van der Waals surface area contributed by atoms with Crippen LogP contribution in [0.5, 0.6) is 11.5 Å². The van der Waals surface area contributed by atoms with Gasteiger partial charge in [0.1, 0.15) is 6.61 Å². The van der Waals surface area contributed by atoms with Crippen molar-refractivity contribution >= 4 is 34.0 Å². The fourth-order valence-corrected chi connectivity index (χ4v) is 4.37. The quantitative estimate of drug-likeness (QED) is 0.359. The molecular formula is C25H18ClN3O3S. The maximum Gasteiger partial charge on any atom is 0.291 e. The lowest BCUT2D eigenvalue weighted by Gasteiger charge is -2.11. The fraction of sp³-hybridized carbons (Fsp3) is 0.0800. The molecule has 0 amide bonds. The van der Waals surface area contributed by atoms with E-state index < -0.39 is 0 Å². The first-order valence-electron chi connectivity index (χ1n) is 10.1. The van der Waals surface area contributed by atoms with E-state index in [1.54, 1.807) is 25.3 Å². The molecule has 33 heavy (non-hydrogen) atoms. The van der Waals surface area contributed by atoms with Crippen LogP contribution in [0, 0.1) is 0 Å². The Labute approximate surface area is 198 Å². The molecule has 3 aromatic carbocycles. The molecule has 6 nitrogen and oxygen atoms in total. The van der Waals surface area contributed by atoms with Gasteiger partial charge in [0, 0.05) is 10.6 Å². The van der Waals surface area contributed by atoms with Gasteiger partial charge in [-0.2, -0.15) is 9.50 Å². The van der Waals surface area contributed by atoms with E-state index in [2.05, 4.69) is 10.1 Å². The molecule has 0 unspecified atom stereocenters. The number of benzene rings is 3. The van der Waals surface area contributed by atoms with Gasteiger partial charge in [-0.1, -0.05) is 59.3 Å². The summed E-state index contributed by atoms with van der Waals surface area (Å²) < 4.78 is 13.3. The molecule has 2 heterocycles. The van der Waals surface area contributed by atoms with Gasteiger partial charge in [-0.05, 0) is 53.6 Å². The van der Waals surface area contributed by atoms with Crippen LogP contribution in [0.2, 0.25) is 5.02 Å². The van der Waals surface area contributed by atoms with Gasteiger partial charge in [0.25, 0.3) is 5.56 Å². The average Bonchev–Trinajstić information content (AvgIpc) is 3.38. The molecule has 0 bridgehead atoms. The summed E-state index contributed by atoms with van der Waals surface area (Å²) in [6.07, 6.45) is 1.80. The number of fused-ring (bicyclic) bond motifs is 1. The number of methoxy groups -OCH3 is 1. The van der Waals surface area contributed by atoms with Crippen molar-refractivity contribution < 1.29 is 9.47 Å². The second-order valence-corrected chi connectivity index (χ2v) is 8.68. The lowest BCUT2D eigenvalue weighted by Crippen LogP contribution is -2.23. The maximum absolute atomic E-state index is 12.9. The largest absolute Gasteiger partial charge is 0.493 e. The maximum atomic E-state index is 12.9. The molecule has 8 heteroatoms. The first kappa shape index (κ1) is 21.2. The van der Waals surface area contributed by atoms with Gasteiger partial charge in [0.15, 0.2) is 17.3 Å². The Morgan fingerprint density at radius 1 is 1.03 bits per heavy atom. The van der Waals surface area contributed by atoms with Crippen molar-refractivity contribution in [2.75, 3.05) is 7.11 Å². The third-order valence-electron chi connectivity index (χ3n) is 5.01. The van der Waals surface area contributed by atoms with E-state index in [-0.39, 0.29) is 5.56 Å². The summed E-state index contributed by atoms with van der Waals surface area (Å²) in [5.41, 5.74) is 2.47. The van der Waals surface area contributed by atoms with Crippen molar-refractivity contribution in [1.82, 2.24) is 14.6 Å². The second-order valence-electron chi connectivity index (χ2n) is 7.24. The molecule has 0 aliphatic heterocycles. The molecule has 2 aromatic heterocycles. The summed E-state index contributed by atoms with van der Waals surface area (Å²) in [5, 5.41) is 5.00. The van der Waals surface area contributed by atoms with Crippen LogP contribution in [-0.2, 0) is 6.61 Å². The highest BCUT2D eigenvalue weighted by Crippen LogP contribution is 2.29. The van der Waals surface area contributed by atoms with Crippen molar-refractivity contribution in [3.63, 3.8) is 0 Å². The SMILES string of the molecule is COc1cc(/C=c2\sc3nc(-c4ccc(Cl)cc4)nn3c2=O)ccc1OCc1ccccc1. The number of hydrogen-bond acceptors (Lipinski definition) is 6. The van der Waals surface area contributed by atoms with Crippen LogP contribution in [0.3, 0.4) is 0 Å². The molecule has 0 aliphatic rings. The summed E-state index contributed by atoms with van der Waals surface area (Å²) in [5.74, 6) is 1.72. The van der Waals surface area contributed by atoms with Crippen molar-refractivity contribution in [3.8, 4) is 22.9 Å². The zero-order valence-electron chi connectivity index (χ0n) is 17.6. The minimum atomic E-state index is -0.217. The summed E-state index contributed by atoms with van der Waals surface area (Å²) in [6.45, 7) is 0.439. The van der Waals surface area contributed by atoms with E-state index in [1.165, 1.54) is 15.9 Å². The van der Waals surface area contributed by atoms with E-state index >= 15 is 0 Å². The summed E-state index contributed by atoms with van der Waals surface area (Å²) in [6, 6.07) is 22.7. The predicted octanol–water partition coefficient (Wildman–Crippen LogP) is 4.61. The number of rotatable bonds is 6. The summed E-state index contributed by atoms with van der Waals surface area (Å²) in [7, 11) is 1.59. The molecule has 0 saturated carbocycles.